The van der Waals surface area contributed by atoms with Gasteiger partial charge in [-0.05, 0) is 18.2 Å². The number of carboxylic acids is 1. The third kappa shape index (κ3) is 3.51. The topological polar surface area (TPSA) is 91.3 Å². The van der Waals surface area contributed by atoms with E-state index in [1.165, 1.54) is 23.5 Å². The zero-order valence-corrected chi connectivity index (χ0v) is 10.9. The van der Waals surface area contributed by atoms with Crippen LogP contribution in [0.5, 0.6) is 0 Å². The molecule has 0 aliphatic heterocycles. The molecule has 104 valence electrons. The van der Waals surface area contributed by atoms with Crippen molar-refractivity contribution >= 4 is 29.0 Å². The lowest BCUT2D eigenvalue weighted by Crippen LogP contribution is -2.28. The molecule has 0 saturated carbocycles. The van der Waals surface area contributed by atoms with Crippen LogP contribution in [0.25, 0.3) is 0 Å². The second kappa shape index (κ2) is 6.11. The molecular formula is C12H10FN3O3S. The summed E-state index contributed by atoms with van der Waals surface area (Å²) in [7, 11) is 0. The quantitative estimate of drug-likeness (QED) is 0.807. The summed E-state index contributed by atoms with van der Waals surface area (Å²) in [4.78, 5) is 26.2. The highest BCUT2D eigenvalue weighted by Gasteiger charge is 2.10. The van der Waals surface area contributed by atoms with E-state index in [0.717, 1.165) is 6.07 Å². The van der Waals surface area contributed by atoms with Gasteiger partial charge in [-0.25, -0.2) is 19.0 Å². The summed E-state index contributed by atoms with van der Waals surface area (Å²) >= 11 is 1.40. The predicted octanol–water partition coefficient (Wildman–Crippen LogP) is 2.30. The number of aromatic carboxylic acids is 1. The molecular weight excluding hydrogens is 285 g/mol. The molecule has 0 spiro atoms. The summed E-state index contributed by atoms with van der Waals surface area (Å²) in [5.74, 6) is -2.04. The number of benzene rings is 1. The maximum atomic E-state index is 13.6. The standard InChI is InChI=1S/C12H10FN3O3S/c13-9-3-7(11(17)18)1-2-10(9)16-12(19)14-4-8-5-20-6-15-8/h1-3,5-6H,4H2,(H,17,18)(H2,14,16,19). The largest absolute Gasteiger partial charge is 0.478 e. The maximum Gasteiger partial charge on any atom is 0.335 e. The molecule has 0 saturated heterocycles. The number of thiazole rings is 1. The van der Waals surface area contributed by atoms with Gasteiger partial charge in [0.15, 0.2) is 0 Å². The molecule has 2 aromatic rings. The van der Waals surface area contributed by atoms with Gasteiger partial charge < -0.3 is 15.7 Å². The first-order valence-electron chi connectivity index (χ1n) is 5.51. The molecule has 0 aliphatic carbocycles. The Balaban J connectivity index is 1.95. The van der Waals surface area contributed by atoms with E-state index in [4.69, 9.17) is 5.11 Å². The Labute approximate surface area is 117 Å². The Morgan fingerprint density at radius 1 is 1.40 bits per heavy atom. The van der Waals surface area contributed by atoms with Gasteiger partial charge in [-0.1, -0.05) is 0 Å². The van der Waals surface area contributed by atoms with E-state index in [0.29, 0.717) is 5.69 Å². The van der Waals surface area contributed by atoms with Gasteiger partial charge in [0.2, 0.25) is 0 Å². The third-order valence-corrected chi connectivity index (χ3v) is 3.01. The van der Waals surface area contributed by atoms with Crippen molar-refractivity contribution < 1.29 is 19.1 Å². The van der Waals surface area contributed by atoms with Gasteiger partial charge >= 0.3 is 12.0 Å². The molecule has 8 heteroatoms. The first-order valence-corrected chi connectivity index (χ1v) is 6.45. The van der Waals surface area contributed by atoms with Crippen molar-refractivity contribution in [1.82, 2.24) is 10.3 Å². The van der Waals surface area contributed by atoms with Gasteiger partial charge in [0.05, 0.1) is 29.0 Å². The van der Waals surface area contributed by atoms with E-state index in [1.807, 2.05) is 0 Å². The lowest BCUT2D eigenvalue weighted by atomic mass is 10.2. The van der Waals surface area contributed by atoms with E-state index in [-0.39, 0.29) is 17.8 Å². The van der Waals surface area contributed by atoms with Crippen molar-refractivity contribution in [3.63, 3.8) is 0 Å². The molecule has 20 heavy (non-hydrogen) atoms. The third-order valence-electron chi connectivity index (χ3n) is 2.38. The molecule has 1 heterocycles. The average Bonchev–Trinajstić information content (AvgIpc) is 2.91. The number of aromatic nitrogens is 1. The Morgan fingerprint density at radius 3 is 2.80 bits per heavy atom. The Hall–Kier alpha value is -2.48. The smallest absolute Gasteiger partial charge is 0.335 e. The Morgan fingerprint density at radius 2 is 2.20 bits per heavy atom. The monoisotopic (exact) mass is 295 g/mol. The molecule has 2 amide bonds. The molecule has 1 aromatic carbocycles. The van der Waals surface area contributed by atoms with Crippen LogP contribution in [-0.4, -0.2) is 22.1 Å². The summed E-state index contributed by atoms with van der Waals surface area (Å²) in [6, 6.07) is 2.65. The molecule has 3 N–H and O–H groups in total. The molecule has 2 rings (SSSR count). The fraction of sp³-hybridized carbons (Fsp3) is 0.0833. The zero-order valence-electron chi connectivity index (χ0n) is 10.1. The van der Waals surface area contributed by atoms with Gasteiger partial charge in [0.1, 0.15) is 5.82 Å². The number of nitrogens with one attached hydrogen (secondary N) is 2. The average molecular weight is 295 g/mol. The predicted molar refractivity (Wildman–Crippen MR) is 71.3 cm³/mol. The maximum absolute atomic E-state index is 13.6. The van der Waals surface area contributed by atoms with Crippen LogP contribution in [0.2, 0.25) is 0 Å². The van der Waals surface area contributed by atoms with Crippen LogP contribution in [0.1, 0.15) is 16.1 Å². The Kier molecular flexibility index (Phi) is 4.26. The normalized spacial score (nSPS) is 10.1. The number of hydrogen-bond donors (Lipinski definition) is 3. The van der Waals surface area contributed by atoms with Crippen molar-refractivity contribution in [2.45, 2.75) is 6.54 Å². The second-order valence-corrected chi connectivity index (χ2v) is 4.51. The van der Waals surface area contributed by atoms with Gasteiger partial charge in [-0.3, -0.25) is 0 Å². The fourth-order valence-corrected chi connectivity index (χ4v) is 1.97. The highest BCUT2D eigenvalue weighted by atomic mass is 32.1. The van der Waals surface area contributed by atoms with Crippen LogP contribution in [0, 0.1) is 5.82 Å². The van der Waals surface area contributed by atoms with Crippen molar-refractivity contribution in [1.29, 1.82) is 0 Å². The van der Waals surface area contributed by atoms with Gasteiger partial charge in [-0.15, -0.1) is 11.3 Å². The number of hydrogen-bond acceptors (Lipinski definition) is 4. The van der Waals surface area contributed by atoms with Gasteiger partial charge in [0.25, 0.3) is 0 Å². The number of carbonyl (C=O) groups excluding carboxylic acids is 1. The number of nitrogens with zero attached hydrogens (tertiary/aromatic N) is 1. The number of rotatable bonds is 4. The van der Waals surface area contributed by atoms with Crippen LogP contribution < -0.4 is 10.6 Å². The van der Waals surface area contributed by atoms with E-state index < -0.39 is 17.8 Å². The van der Waals surface area contributed by atoms with E-state index in [1.54, 1.807) is 10.9 Å². The molecule has 1 aromatic heterocycles. The van der Waals surface area contributed by atoms with Crippen LogP contribution in [0.4, 0.5) is 14.9 Å². The van der Waals surface area contributed by atoms with Crippen molar-refractivity contribution in [3.8, 4) is 0 Å². The van der Waals surface area contributed by atoms with Crippen molar-refractivity contribution in [2.24, 2.45) is 0 Å². The minimum absolute atomic E-state index is 0.0919. The lowest BCUT2D eigenvalue weighted by Gasteiger charge is -2.08. The minimum Gasteiger partial charge on any atom is -0.478 e. The first-order chi connectivity index (χ1) is 9.56. The summed E-state index contributed by atoms with van der Waals surface area (Å²) in [6.07, 6.45) is 0. The first kappa shape index (κ1) is 13.9. The molecule has 0 fully saturated rings. The summed E-state index contributed by atoms with van der Waals surface area (Å²) in [5, 5.41) is 15.3. The minimum atomic E-state index is -1.23. The molecule has 0 atom stereocenters. The number of carboxylic acid groups (broad SMARTS) is 1. The summed E-state index contributed by atoms with van der Waals surface area (Å²) < 4.78 is 13.6. The molecule has 0 aliphatic rings. The fourth-order valence-electron chi connectivity index (χ4n) is 1.41. The van der Waals surface area contributed by atoms with Crippen molar-refractivity contribution in [2.75, 3.05) is 5.32 Å². The molecule has 0 bridgehead atoms. The zero-order chi connectivity index (χ0) is 14.5. The van der Waals surface area contributed by atoms with Crippen LogP contribution in [0.15, 0.2) is 29.1 Å². The van der Waals surface area contributed by atoms with E-state index in [9.17, 15) is 14.0 Å². The van der Waals surface area contributed by atoms with Crippen LogP contribution in [0.3, 0.4) is 0 Å². The highest BCUT2D eigenvalue weighted by molar-refractivity contribution is 7.07. The van der Waals surface area contributed by atoms with Gasteiger partial charge in [-0.2, -0.15) is 0 Å². The number of anilines is 1. The van der Waals surface area contributed by atoms with E-state index in [2.05, 4.69) is 15.6 Å². The van der Waals surface area contributed by atoms with Crippen LogP contribution in [-0.2, 0) is 6.54 Å². The SMILES string of the molecule is O=C(NCc1cscn1)Nc1ccc(C(=O)O)cc1F. The molecule has 0 radical (unpaired) electrons. The van der Waals surface area contributed by atoms with Crippen molar-refractivity contribution in [3.05, 3.63) is 46.2 Å². The molecule has 0 unspecified atom stereocenters. The van der Waals surface area contributed by atoms with E-state index >= 15 is 0 Å². The summed E-state index contributed by atoms with van der Waals surface area (Å²) in [6.45, 7) is 0.226. The number of amides is 2. The number of carbonyl (C=O) groups is 2. The number of halogens is 1. The second-order valence-electron chi connectivity index (χ2n) is 3.79. The summed E-state index contributed by atoms with van der Waals surface area (Å²) in [5.41, 5.74) is 2.06. The number of urea groups is 1. The van der Waals surface area contributed by atoms with Gasteiger partial charge in [0, 0.05) is 5.38 Å². The molecule has 6 nitrogen and oxygen atoms in total. The Bertz CT molecular complexity index is 631. The highest BCUT2D eigenvalue weighted by Crippen LogP contribution is 2.15. The lowest BCUT2D eigenvalue weighted by molar-refractivity contribution is 0.0696. The van der Waals surface area contributed by atoms with Crippen LogP contribution >= 0.6 is 11.3 Å².